The van der Waals surface area contributed by atoms with Gasteiger partial charge in [-0.2, -0.15) is 30.7 Å². The summed E-state index contributed by atoms with van der Waals surface area (Å²) >= 11 is 0. The summed E-state index contributed by atoms with van der Waals surface area (Å²) in [7, 11) is 0. The van der Waals surface area contributed by atoms with Crippen molar-refractivity contribution in [2.75, 3.05) is 10.6 Å². The van der Waals surface area contributed by atoms with Gasteiger partial charge in [-0.25, -0.2) is 19.9 Å². The molecular formula is C33H26F10N10O3. The molecule has 4 aromatic heterocycles. The van der Waals surface area contributed by atoms with Gasteiger partial charge in [0.25, 0.3) is 23.6 Å². The molecule has 0 spiro atoms. The van der Waals surface area contributed by atoms with Crippen LogP contribution in [0, 0.1) is 0 Å². The summed E-state index contributed by atoms with van der Waals surface area (Å²) in [5, 5.41) is 19.2. The lowest BCUT2D eigenvalue weighted by Gasteiger charge is -2.27. The maximum absolute atomic E-state index is 12.9. The number of nitrogens with one attached hydrogen (secondary N) is 2. The quantitative estimate of drug-likeness (QED) is 0.119. The SMILES string of the molecule is CC(C)(Nc1ncc(-c2nnc(C(F)F)o2)cn1)c1cccc(C(F)(F)F)c1.CC(Nc1ncc(-c2nnc(C(F)F)o2)cn1)c1cccc(OC(F)(F)F)c1. The first-order valence-corrected chi connectivity index (χ1v) is 15.7. The van der Waals surface area contributed by atoms with Gasteiger partial charge in [0.1, 0.15) is 5.75 Å². The molecule has 1 unspecified atom stereocenters. The van der Waals surface area contributed by atoms with Crippen LogP contribution in [-0.2, 0) is 11.7 Å². The molecule has 0 saturated heterocycles. The van der Waals surface area contributed by atoms with Crippen LogP contribution in [0.1, 0.15) is 68.1 Å². The third-order valence-electron chi connectivity index (χ3n) is 7.33. The maximum atomic E-state index is 12.9. The molecule has 4 heterocycles. The molecule has 0 aliphatic rings. The fraction of sp³-hybridized carbons (Fsp3) is 0.273. The van der Waals surface area contributed by atoms with E-state index in [1.807, 2.05) is 0 Å². The zero-order valence-electron chi connectivity index (χ0n) is 28.7. The normalized spacial score (nSPS) is 12.6. The van der Waals surface area contributed by atoms with Crippen molar-refractivity contribution in [2.45, 2.75) is 57.7 Å². The molecule has 0 saturated carbocycles. The lowest BCUT2D eigenvalue weighted by atomic mass is 9.93. The van der Waals surface area contributed by atoms with Gasteiger partial charge in [-0.3, -0.25) is 0 Å². The summed E-state index contributed by atoms with van der Waals surface area (Å²) in [5.74, 6) is -2.02. The fourth-order valence-electron chi connectivity index (χ4n) is 4.59. The Balaban J connectivity index is 0.000000214. The van der Waals surface area contributed by atoms with Gasteiger partial charge in [-0.05, 0) is 56.2 Å². The van der Waals surface area contributed by atoms with Crippen LogP contribution in [0.3, 0.4) is 0 Å². The summed E-state index contributed by atoms with van der Waals surface area (Å²) in [5.41, 5.74) is -0.334. The molecule has 56 heavy (non-hydrogen) atoms. The Hall–Kier alpha value is -6.42. The minimum absolute atomic E-state index is 0.125. The van der Waals surface area contributed by atoms with Gasteiger partial charge in [0.15, 0.2) is 0 Å². The van der Waals surface area contributed by atoms with Crippen LogP contribution in [-0.4, -0.2) is 46.7 Å². The number of alkyl halides is 10. The van der Waals surface area contributed by atoms with Gasteiger partial charge in [0.2, 0.25) is 11.9 Å². The van der Waals surface area contributed by atoms with E-state index in [2.05, 4.69) is 55.7 Å². The van der Waals surface area contributed by atoms with E-state index in [0.29, 0.717) is 11.1 Å². The van der Waals surface area contributed by atoms with Crippen molar-refractivity contribution in [3.63, 3.8) is 0 Å². The zero-order chi connectivity index (χ0) is 40.8. The van der Waals surface area contributed by atoms with E-state index in [-0.39, 0.29) is 40.6 Å². The molecule has 13 nitrogen and oxygen atoms in total. The second-order valence-corrected chi connectivity index (χ2v) is 11.9. The number of nitrogens with zero attached hydrogens (tertiary/aromatic N) is 8. The standard InChI is InChI=1S/C17H14F5N5O.C16H12F5N5O2/c1-16(2,10-4-3-5-11(6-10)17(20,21)22)25-15-23-7-9(8-24-15)13-26-27-14(28-13)12(18)19;1-8(9-3-2-4-11(5-9)28-16(19,20)21)24-15-22-6-10(7-23-15)13-25-26-14(27-13)12(17)18/h3-8,12H,1-2H3,(H,23,24,25);2-8,12H,1H3,(H,22,23,24). The maximum Gasteiger partial charge on any atom is 0.573 e. The number of aromatic nitrogens is 8. The molecule has 23 heteroatoms. The van der Waals surface area contributed by atoms with Gasteiger partial charge in [0, 0.05) is 24.8 Å². The molecular weight excluding hydrogens is 774 g/mol. The Morgan fingerprint density at radius 3 is 1.62 bits per heavy atom. The van der Waals surface area contributed by atoms with Gasteiger partial charge in [-0.15, -0.1) is 33.6 Å². The number of ether oxygens (including phenoxy) is 1. The number of halogens is 10. The molecule has 2 N–H and O–H groups in total. The first kappa shape index (κ1) is 40.8. The first-order valence-electron chi connectivity index (χ1n) is 15.7. The molecule has 296 valence electrons. The van der Waals surface area contributed by atoms with Crippen molar-refractivity contribution in [1.82, 2.24) is 40.3 Å². The smallest absolute Gasteiger partial charge is 0.415 e. The van der Waals surface area contributed by atoms with Crippen LogP contribution in [0.2, 0.25) is 0 Å². The molecule has 6 aromatic rings. The van der Waals surface area contributed by atoms with E-state index < -0.39 is 54.3 Å². The molecule has 1 atom stereocenters. The predicted molar refractivity (Wildman–Crippen MR) is 174 cm³/mol. The molecule has 0 bridgehead atoms. The highest BCUT2D eigenvalue weighted by molar-refractivity contribution is 5.52. The molecule has 0 aliphatic heterocycles. The van der Waals surface area contributed by atoms with Crippen molar-refractivity contribution in [3.8, 4) is 28.7 Å². The summed E-state index contributed by atoms with van der Waals surface area (Å²) < 4.78 is 139. The molecule has 0 radical (unpaired) electrons. The topological polar surface area (TPSA) is 163 Å². The van der Waals surface area contributed by atoms with Crippen LogP contribution in [0.25, 0.3) is 22.9 Å². The lowest BCUT2D eigenvalue weighted by Crippen LogP contribution is -2.29. The second-order valence-electron chi connectivity index (χ2n) is 11.9. The highest BCUT2D eigenvalue weighted by Crippen LogP contribution is 2.33. The second kappa shape index (κ2) is 16.5. The van der Waals surface area contributed by atoms with E-state index in [9.17, 15) is 43.9 Å². The number of benzene rings is 2. The summed E-state index contributed by atoms with van der Waals surface area (Å²) in [6.45, 7) is 5.04. The Labute approximate surface area is 308 Å². The summed E-state index contributed by atoms with van der Waals surface area (Å²) in [4.78, 5) is 16.1. The molecule has 0 fully saturated rings. The van der Waals surface area contributed by atoms with Crippen LogP contribution in [0.15, 0.2) is 82.2 Å². The number of hydrogen-bond acceptors (Lipinski definition) is 13. The number of rotatable bonds is 11. The molecule has 0 amide bonds. The van der Waals surface area contributed by atoms with Crippen LogP contribution in [0.4, 0.5) is 55.8 Å². The minimum atomic E-state index is -4.78. The monoisotopic (exact) mass is 800 g/mol. The number of hydrogen-bond donors (Lipinski definition) is 2. The molecule has 0 aliphatic carbocycles. The lowest BCUT2D eigenvalue weighted by molar-refractivity contribution is -0.274. The van der Waals surface area contributed by atoms with Crippen molar-refractivity contribution in [1.29, 1.82) is 0 Å². The Kier molecular flexibility index (Phi) is 12.0. The average Bonchev–Trinajstić information content (AvgIpc) is 3.84. The van der Waals surface area contributed by atoms with Gasteiger partial charge < -0.3 is 24.2 Å². The van der Waals surface area contributed by atoms with Crippen LogP contribution < -0.4 is 15.4 Å². The van der Waals surface area contributed by atoms with E-state index in [4.69, 9.17) is 8.83 Å². The van der Waals surface area contributed by atoms with Gasteiger partial charge >= 0.3 is 25.4 Å². The average molecular weight is 801 g/mol. The van der Waals surface area contributed by atoms with Gasteiger partial charge in [-0.1, -0.05) is 24.3 Å². The fourth-order valence-corrected chi connectivity index (χ4v) is 4.59. The number of anilines is 2. The highest BCUT2D eigenvalue weighted by Gasteiger charge is 2.33. The van der Waals surface area contributed by atoms with E-state index >= 15 is 0 Å². The van der Waals surface area contributed by atoms with Gasteiger partial charge in [0.05, 0.1) is 28.3 Å². The Bertz CT molecular complexity index is 2190. The van der Waals surface area contributed by atoms with Crippen LogP contribution in [0.5, 0.6) is 5.75 Å². The Morgan fingerprint density at radius 1 is 0.643 bits per heavy atom. The van der Waals surface area contributed by atoms with Crippen LogP contribution >= 0.6 is 0 Å². The summed E-state index contributed by atoms with van der Waals surface area (Å²) in [6, 6.07) is 9.93. The third kappa shape index (κ3) is 10.8. The van der Waals surface area contributed by atoms with Crippen molar-refractivity contribution in [3.05, 3.63) is 102 Å². The van der Waals surface area contributed by atoms with E-state index in [0.717, 1.165) is 12.1 Å². The molecule has 6 rings (SSSR count). The summed E-state index contributed by atoms with van der Waals surface area (Å²) in [6.07, 6.45) is -9.89. The molecule has 2 aromatic carbocycles. The van der Waals surface area contributed by atoms with Crippen molar-refractivity contribution >= 4 is 11.9 Å². The van der Waals surface area contributed by atoms with Crippen molar-refractivity contribution in [2.24, 2.45) is 0 Å². The Morgan fingerprint density at radius 2 is 1.14 bits per heavy atom. The highest BCUT2D eigenvalue weighted by atomic mass is 19.4. The third-order valence-corrected chi connectivity index (χ3v) is 7.33. The first-order chi connectivity index (χ1) is 26.3. The van der Waals surface area contributed by atoms with E-state index in [1.165, 1.54) is 49.1 Å². The predicted octanol–water partition coefficient (Wildman–Crippen LogP) is 9.37. The van der Waals surface area contributed by atoms with Crippen molar-refractivity contribution < 1.29 is 57.5 Å². The zero-order valence-corrected chi connectivity index (χ0v) is 28.7. The minimum Gasteiger partial charge on any atom is -0.415 e. The van der Waals surface area contributed by atoms with E-state index in [1.54, 1.807) is 32.9 Å². The largest absolute Gasteiger partial charge is 0.573 e.